The number of nitrogens with zero attached hydrogens (tertiary/aromatic N) is 1. The highest BCUT2D eigenvalue weighted by molar-refractivity contribution is 6.09. The standard InChI is InChI=1S/C30H26N2O6/c1-2-37-18-13-11-17(12-14-18)31-23(33)16-38-24(34)15-32-29(35)27-25-19-7-3-4-8-20(19)26(28(27)30(32)36)22-10-6-5-9-21(22)25/h3-14,25-28H,2,15-16H2,1H3,(H,31,33)/t25?,26?,27-,28-/m0/s1. The Hall–Kier alpha value is -4.46. The van der Waals surface area contributed by atoms with Crippen molar-refractivity contribution < 1.29 is 28.7 Å². The molecule has 2 atom stereocenters. The zero-order chi connectivity index (χ0) is 26.4. The number of amides is 3. The zero-order valence-electron chi connectivity index (χ0n) is 20.8. The molecule has 1 aliphatic heterocycles. The van der Waals surface area contributed by atoms with Gasteiger partial charge in [-0.15, -0.1) is 0 Å². The van der Waals surface area contributed by atoms with Gasteiger partial charge < -0.3 is 14.8 Å². The molecule has 0 saturated carbocycles. The minimum absolute atomic E-state index is 0.241. The monoisotopic (exact) mass is 510 g/mol. The van der Waals surface area contributed by atoms with Crippen molar-refractivity contribution in [3.8, 4) is 5.75 Å². The number of esters is 1. The Morgan fingerprint density at radius 3 is 1.76 bits per heavy atom. The molecule has 3 aliphatic carbocycles. The van der Waals surface area contributed by atoms with Gasteiger partial charge in [-0.3, -0.25) is 24.1 Å². The smallest absolute Gasteiger partial charge is 0.326 e. The van der Waals surface area contributed by atoms with Crippen LogP contribution >= 0.6 is 0 Å². The van der Waals surface area contributed by atoms with Gasteiger partial charge in [-0.25, -0.2) is 0 Å². The van der Waals surface area contributed by atoms with Crippen molar-refractivity contribution in [2.24, 2.45) is 11.8 Å². The van der Waals surface area contributed by atoms with Crippen molar-refractivity contribution >= 4 is 29.4 Å². The molecule has 4 aliphatic rings. The third-order valence-corrected chi connectivity index (χ3v) is 7.64. The lowest BCUT2D eigenvalue weighted by atomic mass is 9.55. The van der Waals surface area contributed by atoms with E-state index in [0.29, 0.717) is 18.0 Å². The molecular formula is C30H26N2O6. The summed E-state index contributed by atoms with van der Waals surface area (Å²) in [6.07, 6.45) is 0. The Labute approximate surface area is 219 Å². The summed E-state index contributed by atoms with van der Waals surface area (Å²) in [6, 6.07) is 22.7. The van der Waals surface area contributed by atoms with Crippen LogP contribution in [0.15, 0.2) is 72.8 Å². The van der Waals surface area contributed by atoms with Crippen molar-refractivity contribution in [2.75, 3.05) is 25.1 Å². The second kappa shape index (κ2) is 9.45. The maximum absolute atomic E-state index is 13.6. The van der Waals surface area contributed by atoms with Crippen molar-refractivity contribution in [2.45, 2.75) is 18.8 Å². The summed E-state index contributed by atoms with van der Waals surface area (Å²) < 4.78 is 10.5. The molecule has 1 N–H and O–H groups in total. The maximum Gasteiger partial charge on any atom is 0.326 e. The quantitative estimate of drug-likeness (QED) is 0.386. The number of benzene rings is 3. The summed E-state index contributed by atoms with van der Waals surface area (Å²) in [5, 5.41) is 2.64. The first-order valence-electron chi connectivity index (χ1n) is 12.7. The molecule has 0 aromatic heterocycles. The second-order valence-corrected chi connectivity index (χ2v) is 9.69. The predicted molar refractivity (Wildman–Crippen MR) is 137 cm³/mol. The Kier molecular flexibility index (Phi) is 5.94. The van der Waals surface area contributed by atoms with Crippen LogP contribution in [0, 0.1) is 11.8 Å². The number of imide groups is 1. The summed E-state index contributed by atoms with van der Waals surface area (Å²) in [4.78, 5) is 53.0. The van der Waals surface area contributed by atoms with E-state index in [1.54, 1.807) is 24.3 Å². The number of carbonyl (C=O) groups is 4. The van der Waals surface area contributed by atoms with E-state index in [-0.39, 0.29) is 23.7 Å². The molecule has 0 radical (unpaired) electrons. The summed E-state index contributed by atoms with van der Waals surface area (Å²) in [5.41, 5.74) is 4.78. The Morgan fingerprint density at radius 1 is 0.789 bits per heavy atom. The molecule has 38 heavy (non-hydrogen) atoms. The molecular weight excluding hydrogens is 484 g/mol. The average molecular weight is 511 g/mol. The third kappa shape index (κ3) is 3.84. The van der Waals surface area contributed by atoms with Gasteiger partial charge in [0.25, 0.3) is 5.91 Å². The maximum atomic E-state index is 13.6. The summed E-state index contributed by atoms with van der Waals surface area (Å²) >= 11 is 0. The average Bonchev–Trinajstić information content (AvgIpc) is 3.18. The number of hydrogen-bond donors (Lipinski definition) is 1. The van der Waals surface area contributed by atoms with Gasteiger partial charge in [0.2, 0.25) is 11.8 Å². The molecule has 1 fully saturated rings. The normalized spacial score (nSPS) is 22.4. The van der Waals surface area contributed by atoms with E-state index in [1.165, 1.54) is 0 Å². The van der Waals surface area contributed by atoms with Crippen LogP contribution in [0.25, 0.3) is 0 Å². The molecule has 1 heterocycles. The molecule has 3 aromatic rings. The fourth-order valence-electron chi connectivity index (χ4n) is 6.21. The van der Waals surface area contributed by atoms with Gasteiger partial charge in [0.05, 0.1) is 18.4 Å². The Balaban J connectivity index is 1.14. The lowest BCUT2D eigenvalue weighted by Gasteiger charge is -2.45. The molecule has 8 heteroatoms. The molecule has 8 nitrogen and oxygen atoms in total. The van der Waals surface area contributed by atoms with Gasteiger partial charge in [0.1, 0.15) is 12.3 Å². The number of anilines is 1. The fourth-order valence-corrected chi connectivity index (χ4v) is 6.21. The topological polar surface area (TPSA) is 102 Å². The lowest BCUT2D eigenvalue weighted by Crippen LogP contribution is -2.41. The first-order valence-corrected chi connectivity index (χ1v) is 12.7. The fraction of sp³-hybridized carbons (Fsp3) is 0.267. The first kappa shape index (κ1) is 23.9. The van der Waals surface area contributed by atoms with Gasteiger partial charge in [-0.05, 0) is 53.4 Å². The number of ether oxygens (including phenoxy) is 2. The minimum atomic E-state index is -0.811. The highest BCUT2D eigenvalue weighted by atomic mass is 16.5. The molecule has 7 rings (SSSR count). The number of rotatable bonds is 7. The van der Waals surface area contributed by atoms with Crippen LogP contribution in [-0.4, -0.2) is 48.3 Å². The SMILES string of the molecule is CCOc1ccc(NC(=O)COC(=O)CN2C(=O)[C@H]3C4c5ccccc5C(c5ccccc54)[C@@H]3C2=O)cc1. The molecule has 0 spiro atoms. The molecule has 1 saturated heterocycles. The van der Waals surface area contributed by atoms with Crippen LogP contribution in [0.2, 0.25) is 0 Å². The molecule has 0 unspecified atom stereocenters. The van der Waals surface area contributed by atoms with Crippen LogP contribution in [-0.2, 0) is 23.9 Å². The van der Waals surface area contributed by atoms with Crippen molar-refractivity contribution in [1.29, 1.82) is 0 Å². The molecule has 3 amide bonds. The van der Waals surface area contributed by atoms with Crippen LogP contribution in [0.1, 0.15) is 41.0 Å². The van der Waals surface area contributed by atoms with Gasteiger partial charge in [0, 0.05) is 17.5 Å². The van der Waals surface area contributed by atoms with Crippen molar-refractivity contribution in [3.63, 3.8) is 0 Å². The Bertz CT molecular complexity index is 1330. The van der Waals surface area contributed by atoms with Gasteiger partial charge >= 0.3 is 5.97 Å². The molecule has 2 bridgehead atoms. The van der Waals surface area contributed by atoms with Gasteiger partial charge in [-0.2, -0.15) is 0 Å². The second-order valence-electron chi connectivity index (χ2n) is 9.69. The molecule has 3 aromatic carbocycles. The lowest BCUT2D eigenvalue weighted by molar-refractivity contribution is -0.154. The van der Waals surface area contributed by atoms with Gasteiger partial charge in [-0.1, -0.05) is 48.5 Å². The van der Waals surface area contributed by atoms with Crippen LogP contribution in [0.4, 0.5) is 5.69 Å². The van der Waals surface area contributed by atoms with E-state index in [0.717, 1.165) is 27.2 Å². The highest BCUT2D eigenvalue weighted by Crippen LogP contribution is 2.60. The Morgan fingerprint density at radius 2 is 1.29 bits per heavy atom. The van der Waals surface area contributed by atoms with Crippen molar-refractivity contribution in [1.82, 2.24) is 4.90 Å². The number of carbonyl (C=O) groups excluding carboxylic acids is 4. The van der Waals surface area contributed by atoms with E-state index in [9.17, 15) is 19.2 Å². The predicted octanol–water partition coefficient (Wildman–Crippen LogP) is 3.46. The highest BCUT2D eigenvalue weighted by Gasteiger charge is 2.61. The van der Waals surface area contributed by atoms with Crippen LogP contribution < -0.4 is 10.1 Å². The number of nitrogens with one attached hydrogen (secondary N) is 1. The number of hydrogen-bond acceptors (Lipinski definition) is 6. The largest absolute Gasteiger partial charge is 0.494 e. The van der Waals surface area contributed by atoms with Crippen LogP contribution in [0.3, 0.4) is 0 Å². The van der Waals surface area contributed by atoms with E-state index in [1.807, 2.05) is 55.5 Å². The first-order chi connectivity index (χ1) is 18.5. The summed E-state index contributed by atoms with van der Waals surface area (Å²) in [7, 11) is 0. The van der Waals surface area contributed by atoms with Crippen LogP contribution in [0.5, 0.6) is 5.75 Å². The van der Waals surface area contributed by atoms with E-state index in [2.05, 4.69) is 5.32 Å². The zero-order valence-corrected chi connectivity index (χ0v) is 20.8. The minimum Gasteiger partial charge on any atom is -0.494 e. The molecule has 192 valence electrons. The third-order valence-electron chi connectivity index (χ3n) is 7.64. The van der Waals surface area contributed by atoms with E-state index >= 15 is 0 Å². The number of likely N-dealkylation sites (tertiary alicyclic amines) is 1. The summed E-state index contributed by atoms with van der Waals surface area (Å²) in [5.74, 6) is -3.00. The van der Waals surface area contributed by atoms with E-state index < -0.39 is 36.9 Å². The van der Waals surface area contributed by atoms with Gasteiger partial charge in [0.15, 0.2) is 6.61 Å². The van der Waals surface area contributed by atoms with E-state index in [4.69, 9.17) is 9.47 Å². The summed E-state index contributed by atoms with van der Waals surface area (Å²) in [6.45, 7) is 1.36. The van der Waals surface area contributed by atoms with Crippen molar-refractivity contribution in [3.05, 3.63) is 95.1 Å².